The van der Waals surface area contributed by atoms with E-state index >= 15 is 0 Å². The van der Waals surface area contributed by atoms with Crippen molar-refractivity contribution in [2.24, 2.45) is 0 Å². The Bertz CT molecular complexity index is 49.5. The van der Waals surface area contributed by atoms with Crippen LogP contribution in [0.4, 0.5) is 0 Å². The summed E-state index contributed by atoms with van der Waals surface area (Å²) >= 11 is 0. The average molecular weight is 182 g/mol. The summed E-state index contributed by atoms with van der Waals surface area (Å²) in [6.07, 6.45) is 0. The fraction of sp³-hybridized carbons (Fsp3) is 1.00. The topological polar surface area (TPSA) is 105 Å². The van der Waals surface area contributed by atoms with Crippen LogP contribution in [-0.4, -0.2) is 60.2 Å². The van der Waals surface area contributed by atoms with Gasteiger partial charge < -0.3 is 20.4 Å². The maximum atomic E-state index is 8.02. The van der Waals surface area contributed by atoms with Gasteiger partial charge in [-0.05, 0) is 0 Å². The molecule has 0 aromatic carbocycles. The van der Waals surface area contributed by atoms with E-state index < -0.39 is 0 Å². The van der Waals surface area contributed by atoms with E-state index in [9.17, 15) is 0 Å². The van der Waals surface area contributed by atoms with E-state index in [0.717, 1.165) is 0 Å². The molecular formula is C6H18N2O4. The van der Waals surface area contributed by atoms with Gasteiger partial charge in [-0.15, -0.1) is 0 Å². The van der Waals surface area contributed by atoms with Crippen LogP contribution < -0.4 is 10.6 Å². The van der Waals surface area contributed by atoms with Gasteiger partial charge in [0.05, 0.1) is 26.7 Å². The molecule has 0 atom stereocenters. The summed E-state index contributed by atoms with van der Waals surface area (Å²) in [4.78, 5) is 0. The molecule has 0 heterocycles. The number of nitrogens with one attached hydrogen (secondary N) is 2. The van der Waals surface area contributed by atoms with E-state index in [0.29, 0.717) is 13.1 Å². The first-order valence-electron chi connectivity index (χ1n) is 3.68. The molecule has 0 saturated heterocycles. The second-order valence-electron chi connectivity index (χ2n) is 1.76. The first kappa shape index (κ1) is 14.3. The Morgan fingerprint density at radius 2 is 1.00 bits per heavy atom. The summed E-state index contributed by atoms with van der Waals surface area (Å²) < 4.78 is 0. The van der Waals surface area contributed by atoms with Gasteiger partial charge in [-0.2, -0.15) is 0 Å². The lowest BCUT2D eigenvalue weighted by molar-refractivity contribution is 0.230. The van der Waals surface area contributed by atoms with Crippen LogP contribution in [0.25, 0.3) is 0 Å². The van der Waals surface area contributed by atoms with Gasteiger partial charge in [-0.25, -0.2) is 0 Å². The normalized spacial score (nSPS) is 9.00. The van der Waals surface area contributed by atoms with E-state index in [4.69, 9.17) is 20.4 Å². The van der Waals surface area contributed by atoms with Crippen LogP contribution in [0.5, 0.6) is 0 Å². The lowest BCUT2D eigenvalue weighted by Crippen LogP contribution is -2.18. The van der Waals surface area contributed by atoms with Crippen LogP contribution in [0.15, 0.2) is 0 Å². The van der Waals surface area contributed by atoms with Crippen molar-refractivity contribution >= 4 is 0 Å². The minimum absolute atomic E-state index is 0.0550. The molecule has 0 aromatic rings. The maximum absolute atomic E-state index is 8.02. The standard InChI is InChI=1S/2C3H9NO2/c2*5-2-1-4-3-6/h2*4-6H,1-3H2. The molecule has 0 amide bonds. The van der Waals surface area contributed by atoms with Crippen LogP contribution in [0, 0.1) is 0 Å². The Morgan fingerprint density at radius 3 is 1.08 bits per heavy atom. The highest BCUT2D eigenvalue weighted by atomic mass is 16.3. The van der Waals surface area contributed by atoms with Crippen molar-refractivity contribution in [1.29, 1.82) is 0 Å². The molecule has 0 aliphatic rings. The summed E-state index contributed by atoms with van der Waals surface area (Å²) in [5, 5.41) is 37.0. The van der Waals surface area contributed by atoms with E-state index in [1.807, 2.05) is 0 Å². The van der Waals surface area contributed by atoms with E-state index in [-0.39, 0.29) is 26.7 Å². The van der Waals surface area contributed by atoms with Crippen LogP contribution >= 0.6 is 0 Å². The minimum atomic E-state index is -0.0550. The minimum Gasteiger partial charge on any atom is -0.395 e. The zero-order chi connectivity index (χ0) is 9.66. The predicted molar refractivity (Wildman–Crippen MR) is 44.3 cm³/mol. The molecule has 0 fully saturated rings. The third-order valence-corrected chi connectivity index (χ3v) is 0.801. The van der Waals surface area contributed by atoms with E-state index in [2.05, 4.69) is 10.6 Å². The summed E-state index contributed by atoms with van der Waals surface area (Å²) in [6.45, 7) is 0.995. The van der Waals surface area contributed by atoms with Crippen LogP contribution in [-0.2, 0) is 0 Å². The van der Waals surface area contributed by atoms with Gasteiger partial charge in [0, 0.05) is 13.1 Å². The summed E-state index contributed by atoms with van der Waals surface area (Å²) in [6, 6.07) is 0. The predicted octanol–water partition coefficient (Wildman–Crippen LogP) is -2.96. The number of hydrogen-bond acceptors (Lipinski definition) is 6. The number of aliphatic hydroxyl groups excluding tert-OH is 4. The molecule has 0 aromatic heterocycles. The van der Waals surface area contributed by atoms with E-state index in [1.54, 1.807) is 0 Å². The van der Waals surface area contributed by atoms with Crippen molar-refractivity contribution in [3.05, 3.63) is 0 Å². The first-order chi connectivity index (χ1) is 5.83. The second-order valence-corrected chi connectivity index (χ2v) is 1.76. The van der Waals surface area contributed by atoms with Crippen LogP contribution in [0.1, 0.15) is 0 Å². The lowest BCUT2D eigenvalue weighted by Gasteiger charge is -1.90. The number of rotatable bonds is 6. The molecule has 0 unspecified atom stereocenters. The molecular weight excluding hydrogens is 164 g/mol. The number of hydrogen-bond donors (Lipinski definition) is 6. The Hall–Kier alpha value is -0.240. The summed E-state index contributed by atoms with van der Waals surface area (Å²) in [5.74, 6) is 0. The average Bonchev–Trinajstić information content (AvgIpc) is 2.12. The van der Waals surface area contributed by atoms with Gasteiger partial charge in [0.1, 0.15) is 0 Å². The fourth-order valence-electron chi connectivity index (χ4n) is 0.316. The zero-order valence-electron chi connectivity index (χ0n) is 7.03. The largest absolute Gasteiger partial charge is 0.395 e. The molecule has 0 aliphatic heterocycles. The first-order valence-corrected chi connectivity index (χ1v) is 3.68. The molecule has 0 bridgehead atoms. The summed E-state index contributed by atoms with van der Waals surface area (Å²) in [5.41, 5.74) is 0. The molecule has 76 valence electrons. The van der Waals surface area contributed by atoms with Gasteiger partial charge in [0.2, 0.25) is 0 Å². The Balaban J connectivity index is 0. The molecule has 6 N–H and O–H groups in total. The SMILES string of the molecule is OCCNCO.OCCNCO. The Labute approximate surface area is 71.8 Å². The molecule has 6 heteroatoms. The highest BCUT2D eigenvalue weighted by Gasteiger charge is 1.73. The number of aliphatic hydroxyl groups is 4. The lowest BCUT2D eigenvalue weighted by atomic mass is 10.7. The van der Waals surface area contributed by atoms with Crippen molar-refractivity contribution in [2.45, 2.75) is 0 Å². The van der Waals surface area contributed by atoms with Crippen LogP contribution in [0.3, 0.4) is 0 Å². The second kappa shape index (κ2) is 17.0. The zero-order valence-corrected chi connectivity index (χ0v) is 7.03. The fourth-order valence-corrected chi connectivity index (χ4v) is 0.316. The maximum Gasteiger partial charge on any atom is 0.0932 e. The van der Waals surface area contributed by atoms with Crippen LogP contribution in [0.2, 0.25) is 0 Å². The Kier molecular flexibility index (Phi) is 20.3. The highest BCUT2D eigenvalue weighted by Crippen LogP contribution is 1.48. The highest BCUT2D eigenvalue weighted by molar-refractivity contribution is 4.31. The van der Waals surface area contributed by atoms with Crippen molar-refractivity contribution < 1.29 is 20.4 Å². The third kappa shape index (κ3) is 22.6. The van der Waals surface area contributed by atoms with Crippen molar-refractivity contribution in [1.82, 2.24) is 10.6 Å². The van der Waals surface area contributed by atoms with Gasteiger partial charge in [0.15, 0.2) is 0 Å². The molecule has 0 spiro atoms. The van der Waals surface area contributed by atoms with Gasteiger partial charge in [-0.1, -0.05) is 0 Å². The third-order valence-electron chi connectivity index (χ3n) is 0.801. The molecule has 0 rings (SSSR count). The monoisotopic (exact) mass is 182 g/mol. The molecule has 6 nitrogen and oxygen atoms in total. The van der Waals surface area contributed by atoms with Crippen molar-refractivity contribution in [2.75, 3.05) is 39.8 Å². The quantitative estimate of drug-likeness (QED) is 0.194. The van der Waals surface area contributed by atoms with Crippen molar-refractivity contribution in [3.63, 3.8) is 0 Å². The molecule has 0 aliphatic carbocycles. The van der Waals surface area contributed by atoms with Gasteiger partial charge in [0.25, 0.3) is 0 Å². The molecule has 12 heavy (non-hydrogen) atoms. The Morgan fingerprint density at radius 1 is 0.667 bits per heavy atom. The van der Waals surface area contributed by atoms with Gasteiger partial charge >= 0.3 is 0 Å². The summed E-state index contributed by atoms with van der Waals surface area (Å²) in [7, 11) is 0. The van der Waals surface area contributed by atoms with Crippen molar-refractivity contribution in [3.8, 4) is 0 Å². The van der Waals surface area contributed by atoms with Gasteiger partial charge in [-0.3, -0.25) is 10.6 Å². The smallest absolute Gasteiger partial charge is 0.0932 e. The van der Waals surface area contributed by atoms with E-state index in [1.165, 1.54) is 0 Å². The molecule has 0 saturated carbocycles. The molecule has 0 radical (unpaired) electrons.